The molecule has 1 aliphatic heterocycles. The Bertz CT molecular complexity index is 377. The largest absolute Gasteiger partial charge is 0.460 e. The molecule has 0 amide bonds. The minimum atomic E-state index is -0.566. The molecule has 0 aliphatic carbocycles. The molecule has 6 nitrogen and oxygen atoms in total. The summed E-state index contributed by atoms with van der Waals surface area (Å²) in [6.07, 6.45) is 1.81. The van der Waals surface area contributed by atoms with Gasteiger partial charge in [0, 0.05) is 0 Å². The molecule has 0 spiro atoms. The van der Waals surface area contributed by atoms with Crippen LogP contribution in [0.15, 0.2) is 4.52 Å². The molecule has 2 unspecified atom stereocenters. The van der Waals surface area contributed by atoms with Crippen molar-refractivity contribution in [3.05, 3.63) is 11.7 Å². The summed E-state index contributed by atoms with van der Waals surface area (Å²) >= 11 is 0. The van der Waals surface area contributed by atoms with Crippen LogP contribution in [0.2, 0.25) is 0 Å². The van der Waals surface area contributed by atoms with Gasteiger partial charge in [0.25, 0.3) is 11.7 Å². The van der Waals surface area contributed by atoms with Crippen molar-refractivity contribution < 1.29 is 18.8 Å². The molecule has 6 heteroatoms. The quantitative estimate of drug-likeness (QED) is 0.727. The molecule has 1 aromatic heterocycles. The van der Waals surface area contributed by atoms with Crippen LogP contribution in [-0.4, -0.2) is 28.8 Å². The maximum Gasteiger partial charge on any atom is 0.379 e. The number of carbonyl (C=O) groups is 1. The van der Waals surface area contributed by atoms with Crippen LogP contribution in [0.3, 0.4) is 0 Å². The number of hydrogen-bond donors (Lipinski definition) is 0. The van der Waals surface area contributed by atoms with Crippen molar-refractivity contribution in [2.24, 2.45) is 0 Å². The van der Waals surface area contributed by atoms with Crippen molar-refractivity contribution in [3.8, 4) is 0 Å². The van der Waals surface area contributed by atoms with Crippen molar-refractivity contribution in [1.82, 2.24) is 10.1 Å². The van der Waals surface area contributed by atoms with E-state index in [-0.39, 0.29) is 18.0 Å². The van der Waals surface area contributed by atoms with Gasteiger partial charge < -0.3 is 14.0 Å². The Kier molecular flexibility index (Phi) is 3.19. The van der Waals surface area contributed by atoms with Crippen LogP contribution < -0.4 is 0 Å². The zero-order valence-corrected chi connectivity index (χ0v) is 9.30. The second-order valence-corrected chi connectivity index (χ2v) is 3.69. The molecule has 0 radical (unpaired) electrons. The minimum absolute atomic E-state index is 0.0417. The third kappa shape index (κ3) is 2.21. The first-order valence-electron chi connectivity index (χ1n) is 5.37. The van der Waals surface area contributed by atoms with E-state index in [0.29, 0.717) is 12.5 Å². The van der Waals surface area contributed by atoms with Crippen LogP contribution in [0.4, 0.5) is 0 Å². The Labute approximate surface area is 92.9 Å². The summed E-state index contributed by atoms with van der Waals surface area (Å²) in [7, 11) is 0. The minimum Gasteiger partial charge on any atom is -0.460 e. The molecule has 2 atom stereocenters. The molecule has 0 aromatic carbocycles. The van der Waals surface area contributed by atoms with Gasteiger partial charge in [0.2, 0.25) is 0 Å². The summed E-state index contributed by atoms with van der Waals surface area (Å²) in [4.78, 5) is 15.3. The lowest BCUT2D eigenvalue weighted by Crippen LogP contribution is -2.07. The topological polar surface area (TPSA) is 74.5 Å². The zero-order valence-electron chi connectivity index (χ0n) is 9.30. The first-order valence-corrected chi connectivity index (χ1v) is 5.37. The standard InChI is InChI=1S/C10H14N2O4/c1-3-14-10(13)8-11-9(16-12-8)7-5-4-6(2)15-7/h6-7H,3-5H2,1-2H3. The molecule has 2 heterocycles. The van der Waals surface area contributed by atoms with Gasteiger partial charge in [0.15, 0.2) is 0 Å². The first kappa shape index (κ1) is 11.1. The summed E-state index contributed by atoms with van der Waals surface area (Å²) in [6, 6.07) is 0. The number of nitrogens with zero attached hydrogens (tertiary/aromatic N) is 2. The van der Waals surface area contributed by atoms with Crippen molar-refractivity contribution in [2.45, 2.75) is 38.9 Å². The van der Waals surface area contributed by atoms with Gasteiger partial charge in [0.1, 0.15) is 6.10 Å². The molecule has 1 aliphatic rings. The number of rotatable bonds is 3. The first-order chi connectivity index (χ1) is 7.70. The van der Waals surface area contributed by atoms with E-state index in [1.165, 1.54) is 0 Å². The van der Waals surface area contributed by atoms with Crippen LogP contribution in [0.1, 0.15) is 49.3 Å². The van der Waals surface area contributed by atoms with Gasteiger partial charge in [-0.05, 0) is 31.8 Å². The van der Waals surface area contributed by atoms with Gasteiger partial charge in [-0.2, -0.15) is 4.98 Å². The van der Waals surface area contributed by atoms with Crippen molar-refractivity contribution in [1.29, 1.82) is 0 Å². The summed E-state index contributed by atoms with van der Waals surface area (Å²) in [5.74, 6) is -0.254. The van der Waals surface area contributed by atoms with E-state index >= 15 is 0 Å². The lowest BCUT2D eigenvalue weighted by atomic mass is 10.2. The third-order valence-electron chi connectivity index (χ3n) is 2.41. The van der Waals surface area contributed by atoms with E-state index in [4.69, 9.17) is 14.0 Å². The van der Waals surface area contributed by atoms with Crippen molar-refractivity contribution >= 4 is 5.97 Å². The number of ether oxygens (including phenoxy) is 2. The highest BCUT2D eigenvalue weighted by molar-refractivity contribution is 5.84. The highest BCUT2D eigenvalue weighted by Gasteiger charge is 2.29. The molecule has 88 valence electrons. The Balaban J connectivity index is 2.04. The highest BCUT2D eigenvalue weighted by atomic mass is 16.6. The third-order valence-corrected chi connectivity index (χ3v) is 2.41. The number of esters is 1. The Morgan fingerprint density at radius 3 is 3.00 bits per heavy atom. The molecule has 16 heavy (non-hydrogen) atoms. The Morgan fingerprint density at radius 1 is 1.56 bits per heavy atom. The number of carbonyl (C=O) groups excluding carboxylic acids is 1. The predicted octanol–water partition coefficient (Wildman–Crippen LogP) is 1.49. The number of aromatic nitrogens is 2. The summed E-state index contributed by atoms with van der Waals surface area (Å²) in [5, 5.41) is 3.56. The van der Waals surface area contributed by atoms with E-state index in [1.807, 2.05) is 6.92 Å². The highest BCUT2D eigenvalue weighted by Crippen LogP contribution is 2.31. The number of hydrogen-bond acceptors (Lipinski definition) is 6. The fourth-order valence-electron chi connectivity index (χ4n) is 1.63. The molecule has 0 bridgehead atoms. The smallest absolute Gasteiger partial charge is 0.379 e. The van der Waals surface area contributed by atoms with Crippen LogP contribution in [0, 0.1) is 0 Å². The zero-order chi connectivity index (χ0) is 11.5. The monoisotopic (exact) mass is 226 g/mol. The molecule has 0 N–H and O–H groups in total. The van der Waals surface area contributed by atoms with Gasteiger partial charge in [-0.1, -0.05) is 0 Å². The average Bonchev–Trinajstić information content (AvgIpc) is 2.85. The van der Waals surface area contributed by atoms with Crippen LogP contribution in [0.5, 0.6) is 0 Å². The van der Waals surface area contributed by atoms with Crippen LogP contribution in [-0.2, 0) is 9.47 Å². The van der Waals surface area contributed by atoms with Crippen molar-refractivity contribution in [3.63, 3.8) is 0 Å². The normalized spacial score (nSPS) is 24.6. The van der Waals surface area contributed by atoms with E-state index in [1.54, 1.807) is 6.92 Å². The van der Waals surface area contributed by atoms with E-state index in [2.05, 4.69) is 10.1 Å². The lowest BCUT2D eigenvalue weighted by molar-refractivity contribution is 0.0355. The lowest BCUT2D eigenvalue weighted by Gasteiger charge is -2.04. The molecule has 0 saturated carbocycles. The van der Waals surface area contributed by atoms with Gasteiger partial charge in [0.05, 0.1) is 12.7 Å². The van der Waals surface area contributed by atoms with Gasteiger partial charge in [-0.15, -0.1) is 0 Å². The van der Waals surface area contributed by atoms with Crippen molar-refractivity contribution in [2.75, 3.05) is 6.61 Å². The summed E-state index contributed by atoms with van der Waals surface area (Å²) in [5.41, 5.74) is 0. The van der Waals surface area contributed by atoms with Crippen LogP contribution >= 0.6 is 0 Å². The van der Waals surface area contributed by atoms with E-state index < -0.39 is 5.97 Å². The molecule has 1 aromatic rings. The maximum atomic E-state index is 11.3. The van der Waals surface area contributed by atoms with Gasteiger partial charge in [-0.25, -0.2) is 4.79 Å². The second kappa shape index (κ2) is 4.61. The Morgan fingerprint density at radius 2 is 2.38 bits per heavy atom. The second-order valence-electron chi connectivity index (χ2n) is 3.69. The average molecular weight is 226 g/mol. The fraction of sp³-hybridized carbons (Fsp3) is 0.700. The van der Waals surface area contributed by atoms with Gasteiger partial charge in [-0.3, -0.25) is 0 Å². The molecular weight excluding hydrogens is 212 g/mol. The summed E-state index contributed by atoms with van der Waals surface area (Å²) in [6.45, 7) is 4.00. The maximum absolute atomic E-state index is 11.3. The summed E-state index contributed by atoms with van der Waals surface area (Å²) < 4.78 is 15.3. The van der Waals surface area contributed by atoms with E-state index in [0.717, 1.165) is 12.8 Å². The fourth-order valence-corrected chi connectivity index (χ4v) is 1.63. The molecule has 2 rings (SSSR count). The molecular formula is C10H14N2O4. The van der Waals surface area contributed by atoms with Crippen LogP contribution in [0.25, 0.3) is 0 Å². The molecule has 1 saturated heterocycles. The van der Waals surface area contributed by atoms with Gasteiger partial charge >= 0.3 is 5.97 Å². The van der Waals surface area contributed by atoms with E-state index in [9.17, 15) is 4.79 Å². The molecule has 1 fully saturated rings. The predicted molar refractivity (Wildman–Crippen MR) is 52.8 cm³/mol. The SMILES string of the molecule is CCOC(=O)c1noc(C2CCC(C)O2)n1. The Hall–Kier alpha value is -1.43.